The summed E-state index contributed by atoms with van der Waals surface area (Å²) in [7, 11) is 0. The van der Waals surface area contributed by atoms with Gasteiger partial charge in [0.05, 0.1) is 11.5 Å². The van der Waals surface area contributed by atoms with Gasteiger partial charge in [-0.1, -0.05) is 29.4 Å². The minimum Gasteiger partial charge on any atom is -0.339 e. The summed E-state index contributed by atoms with van der Waals surface area (Å²) in [5.74, 6) is 0.950. The highest BCUT2D eigenvalue weighted by Crippen LogP contribution is 2.22. The van der Waals surface area contributed by atoms with Crippen molar-refractivity contribution in [2.45, 2.75) is 33.4 Å². The van der Waals surface area contributed by atoms with Crippen LogP contribution in [0.25, 0.3) is 11.4 Å². The fraction of sp³-hybridized carbons (Fsp3) is 0.312. The molecule has 3 aromatic rings. The van der Waals surface area contributed by atoms with Gasteiger partial charge in [-0.25, -0.2) is 0 Å². The van der Waals surface area contributed by atoms with Crippen LogP contribution in [0.15, 0.2) is 28.8 Å². The van der Waals surface area contributed by atoms with Crippen LogP contribution in [0.5, 0.6) is 0 Å². The SMILES string of the molecule is Cc1nn(CCc2nc(-c3ccc(CN)cc3)no2)c(C)c1[N+](=O)[O-].Cl. The molecular formula is C16H19ClN6O3. The highest BCUT2D eigenvalue weighted by Gasteiger charge is 2.21. The highest BCUT2D eigenvalue weighted by molar-refractivity contribution is 5.85. The molecule has 0 aliphatic rings. The van der Waals surface area contributed by atoms with E-state index in [-0.39, 0.29) is 18.1 Å². The molecule has 0 unspecified atom stereocenters. The zero-order chi connectivity index (χ0) is 18.0. The number of rotatable bonds is 6. The Bertz CT molecular complexity index is 903. The second-order valence-corrected chi connectivity index (χ2v) is 5.66. The van der Waals surface area contributed by atoms with Gasteiger partial charge in [0.15, 0.2) is 0 Å². The van der Waals surface area contributed by atoms with Gasteiger partial charge < -0.3 is 10.3 Å². The number of hydrogen-bond donors (Lipinski definition) is 1. The molecule has 2 N–H and O–H groups in total. The number of nitrogens with zero attached hydrogens (tertiary/aromatic N) is 5. The van der Waals surface area contributed by atoms with Crippen LogP contribution >= 0.6 is 12.4 Å². The summed E-state index contributed by atoms with van der Waals surface area (Å²) in [4.78, 5) is 15.0. The maximum absolute atomic E-state index is 11.0. The fourth-order valence-electron chi connectivity index (χ4n) is 2.63. The summed E-state index contributed by atoms with van der Waals surface area (Å²) >= 11 is 0. The Morgan fingerprint density at radius 3 is 2.54 bits per heavy atom. The molecule has 1 aromatic carbocycles. The largest absolute Gasteiger partial charge is 0.339 e. The molecule has 2 aromatic heterocycles. The standard InChI is InChI=1S/C16H18N6O3.ClH/c1-10-15(22(23)24)11(2)21(19-10)8-7-14-18-16(20-25-14)13-5-3-12(9-17)4-6-13;/h3-6H,7-9,17H2,1-2H3;1H. The molecule has 9 nitrogen and oxygen atoms in total. The molecule has 2 heterocycles. The first kappa shape index (κ1) is 19.5. The number of hydrogen-bond acceptors (Lipinski definition) is 7. The van der Waals surface area contributed by atoms with Crippen molar-refractivity contribution in [3.05, 3.63) is 57.2 Å². The zero-order valence-corrected chi connectivity index (χ0v) is 15.2. The van der Waals surface area contributed by atoms with E-state index in [9.17, 15) is 10.1 Å². The van der Waals surface area contributed by atoms with Crippen molar-refractivity contribution in [2.24, 2.45) is 5.73 Å². The Balaban J connectivity index is 0.00000243. The van der Waals surface area contributed by atoms with Crippen LogP contribution in [-0.2, 0) is 19.5 Å². The van der Waals surface area contributed by atoms with Crippen molar-refractivity contribution in [3.63, 3.8) is 0 Å². The Hall–Kier alpha value is -2.78. The minimum atomic E-state index is -0.413. The lowest BCUT2D eigenvalue weighted by Crippen LogP contribution is -2.06. The van der Waals surface area contributed by atoms with E-state index < -0.39 is 4.92 Å². The van der Waals surface area contributed by atoms with Gasteiger partial charge in [-0.2, -0.15) is 10.1 Å². The first-order valence-corrected chi connectivity index (χ1v) is 7.80. The van der Waals surface area contributed by atoms with Crippen LogP contribution in [0.3, 0.4) is 0 Å². The number of benzene rings is 1. The van der Waals surface area contributed by atoms with E-state index in [4.69, 9.17) is 10.3 Å². The third-order valence-electron chi connectivity index (χ3n) is 3.98. The Morgan fingerprint density at radius 1 is 1.27 bits per heavy atom. The van der Waals surface area contributed by atoms with Gasteiger partial charge in [-0.15, -0.1) is 12.4 Å². The average Bonchev–Trinajstić information content (AvgIpc) is 3.17. The monoisotopic (exact) mass is 378 g/mol. The minimum absolute atomic E-state index is 0. The third-order valence-corrected chi connectivity index (χ3v) is 3.98. The van der Waals surface area contributed by atoms with Crippen molar-refractivity contribution < 1.29 is 9.45 Å². The Labute approximate surface area is 155 Å². The molecule has 138 valence electrons. The number of aromatic nitrogens is 4. The lowest BCUT2D eigenvalue weighted by atomic mass is 10.1. The quantitative estimate of drug-likeness (QED) is 0.515. The van der Waals surface area contributed by atoms with Crippen LogP contribution in [0, 0.1) is 24.0 Å². The van der Waals surface area contributed by atoms with E-state index in [2.05, 4.69) is 15.2 Å². The first-order chi connectivity index (χ1) is 12.0. The van der Waals surface area contributed by atoms with Crippen LogP contribution in [-0.4, -0.2) is 24.8 Å². The molecule has 0 bridgehead atoms. The Morgan fingerprint density at radius 2 is 1.96 bits per heavy atom. The van der Waals surface area contributed by atoms with Gasteiger partial charge in [-0.05, 0) is 19.4 Å². The number of aryl methyl sites for hydroxylation is 3. The molecule has 0 spiro atoms. The molecule has 10 heteroatoms. The predicted octanol–water partition coefficient (Wildman–Crippen LogP) is 2.58. The van der Waals surface area contributed by atoms with E-state index in [0.717, 1.165) is 11.1 Å². The molecule has 26 heavy (non-hydrogen) atoms. The van der Waals surface area contributed by atoms with Crippen LogP contribution < -0.4 is 5.73 Å². The van der Waals surface area contributed by atoms with Gasteiger partial charge in [-0.3, -0.25) is 14.8 Å². The van der Waals surface area contributed by atoms with E-state index in [0.29, 0.717) is 42.6 Å². The van der Waals surface area contributed by atoms with Crippen molar-refractivity contribution in [1.82, 2.24) is 19.9 Å². The smallest absolute Gasteiger partial charge is 0.312 e. The van der Waals surface area contributed by atoms with Crippen molar-refractivity contribution in [3.8, 4) is 11.4 Å². The maximum atomic E-state index is 11.0. The molecule has 0 aliphatic heterocycles. The number of nitro groups is 1. The van der Waals surface area contributed by atoms with Gasteiger partial charge in [0.25, 0.3) is 0 Å². The van der Waals surface area contributed by atoms with E-state index >= 15 is 0 Å². The van der Waals surface area contributed by atoms with Crippen molar-refractivity contribution >= 4 is 18.1 Å². The lowest BCUT2D eigenvalue weighted by molar-refractivity contribution is -0.386. The fourth-order valence-corrected chi connectivity index (χ4v) is 2.63. The summed E-state index contributed by atoms with van der Waals surface area (Å²) in [5.41, 5.74) is 8.41. The molecule has 0 saturated carbocycles. The summed E-state index contributed by atoms with van der Waals surface area (Å²) in [6.07, 6.45) is 0.437. The van der Waals surface area contributed by atoms with Crippen LogP contribution in [0.1, 0.15) is 22.8 Å². The predicted molar refractivity (Wildman–Crippen MR) is 96.9 cm³/mol. The molecular weight excluding hydrogens is 360 g/mol. The topological polar surface area (TPSA) is 126 Å². The zero-order valence-electron chi connectivity index (χ0n) is 14.4. The lowest BCUT2D eigenvalue weighted by Gasteiger charge is -2.00. The highest BCUT2D eigenvalue weighted by atomic mass is 35.5. The molecule has 0 fully saturated rings. The molecule has 0 atom stereocenters. The van der Waals surface area contributed by atoms with Crippen molar-refractivity contribution in [1.29, 1.82) is 0 Å². The number of halogens is 1. The third kappa shape index (κ3) is 3.89. The molecule has 0 radical (unpaired) electrons. The summed E-state index contributed by atoms with van der Waals surface area (Å²) in [6.45, 7) is 4.20. The van der Waals surface area contributed by atoms with E-state index in [1.165, 1.54) is 0 Å². The summed E-state index contributed by atoms with van der Waals surface area (Å²) in [6, 6.07) is 7.61. The van der Waals surface area contributed by atoms with Gasteiger partial charge >= 0.3 is 5.69 Å². The van der Waals surface area contributed by atoms with E-state index in [1.807, 2.05) is 24.3 Å². The average molecular weight is 379 g/mol. The number of nitrogens with two attached hydrogens (primary N) is 1. The summed E-state index contributed by atoms with van der Waals surface area (Å²) < 4.78 is 6.85. The van der Waals surface area contributed by atoms with Gasteiger partial charge in [0, 0.05) is 18.5 Å². The second-order valence-electron chi connectivity index (χ2n) is 5.66. The van der Waals surface area contributed by atoms with Crippen molar-refractivity contribution in [2.75, 3.05) is 0 Å². The van der Waals surface area contributed by atoms with E-state index in [1.54, 1.807) is 18.5 Å². The van der Waals surface area contributed by atoms with Gasteiger partial charge in [0.1, 0.15) is 11.4 Å². The van der Waals surface area contributed by atoms with Gasteiger partial charge in [0.2, 0.25) is 11.7 Å². The molecule has 0 aliphatic carbocycles. The molecule has 0 saturated heterocycles. The maximum Gasteiger partial charge on any atom is 0.312 e. The van der Waals surface area contributed by atoms with Crippen LogP contribution in [0.2, 0.25) is 0 Å². The second kappa shape index (κ2) is 8.07. The normalized spacial score (nSPS) is 10.6. The Kier molecular flexibility index (Phi) is 6.06. The molecule has 3 rings (SSSR count). The van der Waals surface area contributed by atoms with Crippen LogP contribution in [0.4, 0.5) is 5.69 Å². The molecule has 0 amide bonds. The first-order valence-electron chi connectivity index (χ1n) is 7.80. The summed E-state index contributed by atoms with van der Waals surface area (Å²) in [5, 5.41) is 19.2.